The van der Waals surface area contributed by atoms with Crippen LogP contribution < -0.4 is 10.1 Å². The Morgan fingerprint density at radius 1 is 1.29 bits per heavy atom. The number of nitrogens with one attached hydrogen (secondary N) is 1. The van der Waals surface area contributed by atoms with Gasteiger partial charge in [-0.1, -0.05) is 6.07 Å². The van der Waals surface area contributed by atoms with Crippen molar-refractivity contribution in [1.82, 2.24) is 10.2 Å². The average Bonchev–Trinajstić information content (AvgIpc) is 3.15. The molecule has 2 heterocycles. The maximum Gasteiger partial charge on any atom is 0.251 e. The zero-order chi connectivity index (χ0) is 16.6. The Kier molecular flexibility index (Phi) is 6.46. The molecular weight excluding hydrogens is 308 g/mol. The predicted molar refractivity (Wildman–Crippen MR) is 90.5 cm³/mol. The van der Waals surface area contributed by atoms with Gasteiger partial charge in [0, 0.05) is 38.3 Å². The number of carbonyl (C=O) groups is 1. The third-order valence-electron chi connectivity index (χ3n) is 4.37. The van der Waals surface area contributed by atoms with Crippen molar-refractivity contribution in [2.75, 3.05) is 52.6 Å². The zero-order valence-corrected chi connectivity index (χ0v) is 14.0. The fourth-order valence-electron chi connectivity index (χ4n) is 2.95. The molecule has 0 unspecified atom stereocenters. The monoisotopic (exact) mass is 334 g/mol. The Morgan fingerprint density at radius 3 is 2.96 bits per heavy atom. The van der Waals surface area contributed by atoms with Gasteiger partial charge in [-0.25, -0.2) is 0 Å². The van der Waals surface area contributed by atoms with E-state index in [1.807, 2.05) is 18.2 Å². The van der Waals surface area contributed by atoms with Gasteiger partial charge in [0.1, 0.15) is 12.4 Å². The summed E-state index contributed by atoms with van der Waals surface area (Å²) in [5, 5.41) is 2.97. The lowest BCUT2D eigenvalue weighted by Gasteiger charge is -2.26. The maximum absolute atomic E-state index is 12.3. The third-order valence-corrected chi connectivity index (χ3v) is 4.37. The number of hydrogen-bond acceptors (Lipinski definition) is 5. The van der Waals surface area contributed by atoms with E-state index >= 15 is 0 Å². The molecule has 3 rings (SSSR count). The quantitative estimate of drug-likeness (QED) is 0.815. The molecule has 6 nitrogen and oxygen atoms in total. The molecule has 2 aliphatic heterocycles. The van der Waals surface area contributed by atoms with Crippen molar-refractivity contribution in [3.05, 3.63) is 29.8 Å². The van der Waals surface area contributed by atoms with Crippen molar-refractivity contribution in [1.29, 1.82) is 0 Å². The van der Waals surface area contributed by atoms with Crippen LogP contribution in [0.2, 0.25) is 0 Å². The van der Waals surface area contributed by atoms with Gasteiger partial charge in [-0.15, -0.1) is 0 Å². The first-order chi connectivity index (χ1) is 11.8. The molecule has 2 fully saturated rings. The van der Waals surface area contributed by atoms with E-state index in [9.17, 15) is 4.79 Å². The second kappa shape index (κ2) is 9.01. The van der Waals surface area contributed by atoms with Crippen LogP contribution in [0, 0.1) is 0 Å². The van der Waals surface area contributed by atoms with E-state index in [2.05, 4.69) is 10.2 Å². The van der Waals surface area contributed by atoms with Crippen molar-refractivity contribution in [3.8, 4) is 5.75 Å². The number of amides is 1. The highest BCUT2D eigenvalue weighted by molar-refractivity contribution is 5.94. The fraction of sp³-hybridized carbons (Fsp3) is 0.611. The summed E-state index contributed by atoms with van der Waals surface area (Å²) in [5.74, 6) is 0.650. The number of nitrogens with zero attached hydrogens (tertiary/aromatic N) is 1. The highest BCUT2D eigenvalue weighted by atomic mass is 16.5. The summed E-state index contributed by atoms with van der Waals surface area (Å²) in [5.41, 5.74) is 0.627. The maximum atomic E-state index is 12.3. The summed E-state index contributed by atoms with van der Waals surface area (Å²) >= 11 is 0. The van der Waals surface area contributed by atoms with E-state index in [4.69, 9.17) is 14.2 Å². The van der Waals surface area contributed by atoms with Crippen LogP contribution >= 0.6 is 0 Å². The lowest BCUT2D eigenvalue weighted by Crippen LogP contribution is -2.41. The molecule has 0 aliphatic carbocycles. The van der Waals surface area contributed by atoms with Crippen LogP contribution in [0.1, 0.15) is 23.2 Å². The third kappa shape index (κ3) is 5.19. The van der Waals surface area contributed by atoms with Crippen LogP contribution in [0.15, 0.2) is 24.3 Å². The number of hydrogen-bond donors (Lipinski definition) is 1. The van der Waals surface area contributed by atoms with Gasteiger partial charge in [0.25, 0.3) is 5.91 Å². The number of morpholine rings is 1. The van der Waals surface area contributed by atoms with Gasteiger partial charge in [-0.3, -0.25) is 9.69 Å². The Bertz CT molecular complexity index is 526. The van der Waals surface area contributed by atoms with Crippen LogP contribution in [-0.4, -0.2) is 69.5 Å². The second-order valence-corrected chi connectivity index (χ2v) is 6.18. The molecule has 0 radical (unpaired) electrons. The summed E-state index contributed by atoms with van der Waals surface area (Å²) < 4.78 is 16.6. The Balaban J connectivity index is 1.42. The highest BCUT2D eigenvalue weighted by Crippen LogP contribution is 2.17. The van der Waals surface area contributed by atoms with E-state index in [0.717, 1.165) is 52.3 Å². The largest absolute Gasteiger partial charge is 0.491 e. The molecule has 1 amide bonds. The van der Waals surface area contributed by atoms with Gasteiger partial charge in [0.15, 0.2) is 0 Å². The fourth-order valence-corrected chi connectivity index (χ4v) is 2.95. The summed E-state index contributed by atoms with van der Waals surface area (Å²) in [4.78, 5) is 14.6. The van der Waals surface area contributed by atoms with Crippen molar-refractivity contribution in [2.45, 2.75) is 18.9 Å². The van der Waals surface area contributed by atoms with E-state index in [1.54, 1.807) is 6.07 Å². The molecule has 1 aromatic carbocycles. The summed E-state index contributed by atoms with van der Waals surface area (Å²) in [7, 11) is 0. The average molecular weight is 334 g/mol. The normalized spacial score (nSPS) is 21.6. The minimum Gasteiger partial charge on any atom is -0.491 e. The molecule has 0 saturated carbocycles. The Labute approximate surface area is 143 Å². The topological polar surface area (TPSA) is 60.0 Å². The summed E-state index contributed by atoms with van der Waals surface area (Å²) in [6, 6.07) is 7.32. The molecular formula is C18H26N2O4. The van der Waals surface area contributed by atoms with Crippen LogP contribution in [-0.2, 0) is 9.47 Å². The van der Waals surface area contributed by atoms with Crippen LogP contribution in [0.5, 0.6) is 5.75 Å². The number of rotatable bonds is 7. The Morgan fingerprint density at radius 2 is 2.17 bits per heavy atom. The smallest absolute Gasteiger partial charge is 0.251 e. The van der Waals surface area contributed by atoms with E-state index in [-0.39, 0.29) is 12.0 Å². The van der Waals surface area contributed by atoms with Crippen LogP contribution in [0.3, 0.4) is 0 Å². The molecule has 0 aromatic heterocycles. The zero-order valence-electron chi connectivity index (χ0n) is 14.0. The first kappa shape index (κ1) is 17.2. The molecule has 6 heteroatoms. The molecule has 2 saturated heterocycles. The molecule has 0 spiro atoms. The summed E-state index contributed by atoms with van der Waals surface area (Å²) in [6.45, 7) is 6.27. The second-order valence-electron chi connectivity index (χ2n) is 6.18. The van der Waals surface area contributed by atoms with Crippen LogP contribution in [0.4, 0.5) is 0 Å². The predicted octanol–water partition coefficient (Wildman–Crippen LogP) is 1.31. The minimum atomic E-state index is -0.0641. The van der Waals surface area contributed by atoms with E-state index in [0.29, 0.717) is 24.5 Å². The molecule has 1 aromatic rings. The lowest BCUT2D eigenvalue weighted by molar-refractivity contribution is 0.0383. The van der Waals surface area contributed by atoms with Gasteiger partial charge < -0.3 is 19.5 Å². The SMILES string of the molecule is O=C(NCCN1CCOCC1)c1cccc(OC[C@@H]2CCCO2)c1. The van der Waals surface area contributed by atoms with Crippen molar-refractivity contribution >= 4 is 5.91 Å². The molecule has 0 bridgehead atoms. The standard InChI is InChI=1S/C18H26N2O4/c21-18(19-6-7-20-8-11-22-12-9-20)15-3-1-4-16(13-15)24-14-17-5-2-10-23-17/h1,3-4,13,17H,2,5-12,14H2,(H,19,21)/t17-/m0/s1. The lowest BCUT2D eigenvalue weighted by atomic mass is 10.2. The number of benzene rings is 1. The van der Waals surface area contributed by atoms with Gasteiger partial charge in [-0.2, -0.15) is 0 Å². The van der Waals surface area contributed by atoms with Gasteiger partial charge >= 0.3 is 0 Å². The number of ether oxygens (including phenoxy) is 3. The first-order valence-corrected chi connectivity index (χ1v) is 8.74. The summed E-state index contributed by atoms with van der Waals surface area (Å²) in [6.07, 6.45) is 2.32. The van der Waals surface area contributed by atoms with Crippen LogP contribution in [0.25, 0.3) is 0 Å². The minimum absolute atomic E-state index is 0.0641. The van der Waals surface area contributed by atoms with Crippen molar-refractivity contribution in [3.63, 3.8) is 0 Å². The molecule has 24 heavy (non-hydrogen) atoms. The molecule has 2 aliphatic rings. The first-order valence-electron chi connectivity index (χ1n) is 8.74. The molecule has 1 atom stereocenters. The van der Waals surface area contributed by atoms with Crippen molar-refractivity contribution < 1.29 is 19.0 Å². The van der Waals surface area contributed by atoms with Gasteiger partial charge in [-0.05, 0) is 31.0 Å². The van der Waals surface area contributed by atoms with E-state index in [1.165, 1.54) is 0 Å². The van der Waals surface area contributed by atoms with E-state index < -0.39 is 0 Å². The molecule has 1 N–H and O–H groups in total. The van der Waals surface area contributed by atoms with Crippen molar-refractivity contribution in [2.24, 2.45) is 0 Å². The number of carbonyl (C=O) groups excluding carboxylic acids is 1. The highest BCUT2D eigenvalue weighted by Gasteiger charge is 2.16. The van der Waals surface area contributed by atoms with Gasteiger partial charge in [0.2, 0.25) is 0 Å². The van der Waals surface area contributed by atoms with Gasteiger partial charge in [0.05, 0.1) is 19.3 Å². The molecule has 132 valence electrons. The Hall–Kier alpha value is -1.63.